The summed E-state index contributed by atoms with van der Waals surface area (Å²) in [5.41, 5.74) is 0.418. The number of ketones is 1. The second kappa shape index (κ2) is 5.03. The molecule has 1 fully saturated rings. The van der Waals surface area contributed by atoms with Crippen molar-refractivity contribution >= 4 is 11.7 Å². The third-order valence-electron chi connectivity index (χ3n) is 3.16. The van der Waals surface area contributed by atoms with Gasteiger partial charge in [0.1, 0.15) is 17.8 Å². The quantitative estimate of drug-likeness (QED) is 0.762. The van der Waals surface area contributed by atoms with Gasteiger partial charge in [0.2, 0.25) is 0 Å². The normalized spacial score (nSPS) is 16.9. The van der Waals surface area contributed by atoms with Crippen molar-refractivity contribution in [2.24, 2.45) is 5.92 Å². The number of likely N-dealkylation sites (tertiary alicyclic amines) is 1. The van der Waals surface area contributed by atoms with Gasteiger partial charge >= 0.3 is 0 Å². The van der Waals surface area contributed by atoms with Crippen molar-refractivity contribution in [3.05, 3.63) is 24.3 Å². The highest BCUT2D eigenvalue weighted by molar-refractivity contribution is 5.92. The van der Waals surface area contributed by atoms with Crippen LogP contribution in [0.3, 0.4) is 0 Å². The summed E-state index contributed by atoms with van der Waals surface area (Å²) >= 11 is 0. The van der Waals surface area contributed by atoms with Crippen molar-refractivity contribution in [2.45, 2.75) is 19.8 Å². The predicted molar refractivity (Wildman–Crippen MR) is 61.3 cm³/mol. The van der Waals surface area contributed by atoms with E-state index in [0.717, 1.165) is 12.8 Å². The maximum Gasteiger partial charge on any atom is 0.272 e. The Morgan fingerprint density at radius 2 is 2.06 bits per heavy atom. The van der Waals surface area contributed by atoms with E-state index in [1.54, 1.807) is 24.1 Å². The summed E-state index contributed by atoms with van der Waals surface area (Å²) in [4.78, 5) is 32.7. The Hall–Kier alpha value is -1.78. The Morgan fingerprint density at radius 3 is 2.59 bits per heavy atom. The molecule has 2 rings (SSSR count). The Kier molecular flexibility index (Phi) is 3.46. The van der Waals surface area contributed by atoms with E-state index in [2.05, 4.69) is 9.97 Å². The molecular formula is C12H15N3O2. The second-order valence-electron chi connectivity index (χ2n) is 4.27. The van der Waals surface area contributed by atoms with Gasteiger partial charge in [0.15, 0.2) is 0 Å². The van der Waals surface area contributed by atoms with Gasteiger partial charge in [0.25, 0.3) is 5.91 Å². The Bertz CT molecular complexity index is 411. The molecule has 0 aromatic carbocycles. The van der Waals surface area contributed by atoms with E-state index in [9.17, 15) is 9.59 Å². The van der Waals surface area contributed by atoms with Crippen molar-refractivity contribution in [3.8, 4) is 0 Å². The lowest BCUT2D eigenvalue weighted by Crippen LogP contribution is -2.40. The molecular weight excluding hydrogens is 218 g/mol. The molecule has 5 heteroatoms. The highest BCUT2D eigenvalue weighted by Gasteiger charge is 2.26. The molecule has 0 atom stereocenters. The topological polar surface area (TPSA) is 63.2 Å². The summed E-state index contributed by atoms with van der Waals surface area (Å²) in [5, 5.41) is 0. The summed E-state index contributed by atoms with van der Waals surface area (Å²) < 4.78 is 0. The number of aromatic nitrogens is 2. The predicted octanol–water partition coefficient (Wildman–Crippen LogP) is 0.918. The number of carbonyl (C=O) groups is 2. The molecule has 1 amide bonds. The molecule has 1 saturated heterocycles. The summed E-state index contributed by atoms with van der Waals surface area (Å²) in [6.07, 6.45) is 4.44. The Labute approximate surface area is 99.9 Å². The lowest BCUT2D eigenvalue weighted by Gasteiger charge is -2.30. The van der Waals surface area contributed by atoms with Crippen molar-refractivity contribution in [3.63, 3.8) is 0 Å². The lowest BCUT2D eigenvalue weighted by molar-refractivity contribution is -0.121. The van der Waals surface area contributed by atoms with E-state index in [1.807, 2.05) is 0 Å². The zero-order valence-electron chi connectivity index (χ0n) is 9.80. The zero-order valence-corrected chi connectivity index (χ0v) is 9.80. The molecule has 1 aromatic rings. The maximum atomic E-state index is 12.0. The Morgan fingerprint density at radius 1 is 1.35 bits per heavy atom. The van der Waals surface area contributed by atoms with Gasteiger partial charge in [0, 0.05) is 25.2 Å². The van der Waals surface area contributed by atoms with Crippen LogP contribution in [0.2, 0.25) is 0 Å². The highest BCUT2D eigenvalue weighted by atomic mass is 16.2. The average molecular weight is 233 g/mol. The van der Waals surface area contributed by atoms with Crippen molar-refractivity contribution in [1.82, 2.24) is 14.9 Å². The first-order chi connectivity index (χ1) is 8.18. The van der Waals surface area contributed by atoms with Crippen LogP contribution in [0.1, 0.15) is 30.3 Å². The SMILES string of the molecule is CC(=O)C1CCN(C(=O)c2ccncn2)CC1. The van der Waals surface area contributed by atoms with Crippen molar-refractivity contribution < 1.29 is 9.59 Å². The standard InChI is InChI=1S/C12H15N3O2/c1-9(16)10-3-6-15(7-4-10)12(17)11-2-5-13-8-14-11/h2,5,8,10H,3-4,6-7H2,1H3. The average Bonchev–Trinajstić information content (AvgIpc) is 2.39. The zero-order chi connectivity index (χ0) is 12.3. The fraction of sp³-hybridized carbons (Fsp3) is 0.500. The molecule has 0 spiro atoms. The number of hydrogen-bond acceptors (Lipinski definition) is 4. The third kappa shape index (κ3) is 2.67. The molecule has 5 nitrogen and oxygen atoms in total. The van der Waals surface area contributed by atoms with Crippen molar-refractivity contribution in [1.29, 1.82) is 0 Å². The maximum absolute atomic E-state index is 12.0. The van der Waals surface area contributed by atoms with Gasteiger partial charge in [-0.2, -0.15) is 0 Å². The number of rotatable bonds is 2. The van der Waals surface area contributed by atoms with Gasteiger partial charge in [-0.25, -0.2) is 9.97 Å². The lowest BCUT2D eigenvalue weighted by atomic mass is 9.93. The summed E-state index contributed by atoms with van der Waals surface area (Å²) in [6, 6.07) is 1.61. The third-order valence-corrected chi connectivity index (χ3v) is 3.16. The molecule has 0 aliphatic carbocycles. The van der Waals surface area contributed by atoms with Gasteiger partial charge in [0.05, 0.1) is 0 Å². The van der Waals surface area contributed by atoms with E-state index in [1.165, 1.54) is 6.33 Å². The minimum Gasteiger partial charge on any atom is -0.337 e. The van der Waals surface area contributed by atoms with E-state index in [4.69, 9.17) is 0 Å². The minimum absolute atomic E-state index is 0.0746. The molecule has 0 bridgehead atoms. The van der Waals surface area contributed by atoms with Gasteiger partial charge in [-0.1, -0.05) is 0 Å². The highest BCUT2D eigenvalue weighted by Crippen LogP contribution is 2.19. The van der Waals surface area contributed by atoms with E-state index in [0.29, 0.717) is 18.8 Å². The fourth-order valence-corrected chi connectivity index (χ4v) is 2.07. The van der Waals surface area contributed by atoms with Gasteiger partial charge in [-0.05, 0) is 25.8 Å². The van der Waals surface area contributed by atoms with Gasteiger partial charge in [-0.15, -0.1) is 0 Å². The first-order valence-corrected chi connectivity index (χ1v) is 5.74. The van der Waals surface area contributed by atoms with Crippen LogP contribution in [0.15, 0.2) is 18.6 Å². The number of Topliss-reactive ketones (excluding diaryl/α,β-unsaturated/α-hetero) is 1. The molecule has 90 valence electrons. The van der Waals surface area contributed by atoms with Crippen LogP contribution in [-0.2, 0) is 4.79 Å². The van der Waals surface area contributed by atoms with Crippen LogP contribution in [0.5, 0.6) is 0 Å². The number of amides is 1. The van der Waals surface area contributed by atoms with Gasteiger partial charge < -0.3 is 4.90 Å². The van der Waals surface area contributed by atoms with Crippen LogP contribution >= 0.6 is 0 Å². The molecule has 1 aliphatic rings. The Balaban J connectivity index is 1.98. The van der Waals surface area contributed by atoms with Crippen LogP contribution in [0, 0.1) is 5.92 Å². The molecule has 1 aromatic heterocycles. The number of carbonyl (C=O) groups excluding carboxylic acids is 2. The molecule has 0 unspecified atom stereocenters. The number of piperidine rings is 1. The summed E-state index contributed by atoms with van der Waals surface area (Å²) in [7, 11) is 0. The van der Waals surface area contributed by atoms with Gasteiger partial charge in [-0.3, -0.25) is 9.59 Å². The number of hydrogen-bond donors (Lipinski definition) is 0. The van der Waals surface area contributed by atoms with Crippen LogP contribution in [-0.4, -0.2) is 39.6 Å². The molecule has 0 N–H and O–H groups in total. The monoisotopic (exact) mass is 233 g/mol. The van der Waals surface area contributed by atoms with E-state index in [-0.39, 0.29) is 17.6 Å². The van der Waals surface area contributed by atoms with Crippen LogP contribution in [0.4, 0.5) is 0 Å². The molecule has 0 radical (unpaired) electrons. The minimum atomic E-state index is -0.0746. The summed E-state index contributed by atoms with van der Waals surface area (Å²) in [6.45, 7) is 2.88. The molecule has 2 heterocycles. The van der Waals surface area contributed by atoms with Crippen molar-refractivity contribution in [2.75, 3.05) is 13.1 Å². The molecule has 1 aliphatic heterocycles. The smallest absolute Gasteiger partial charge is 0.272 e. The first-order valence-electron chi connectivity index (χ1n) is 5.74. The van der Waals surface area contributed by atoms with E-state index < -0.39 is 0 Å². The molecule has 0 saturated carbocycles. The van der Waals surface area contributed by atoms with Crippen LogP contribution in [0.25, 0.3) is 0 Å². The number of nitrogens with zero attached hydrogens (tertiary/aromatic N) is 3. The second-order valence-corrected chi connectivity index (χ2v) is 4.27. The fourth-order valence-electron chi connectivity index (χ4n) is 2.07. The van der Waals surface area contributed by atoms with E-state index >= 15 is 0 Å². The molecule has 17 heavy (non-hydrogen) atoms. The summed E-state index contributed by atoms with van der Waals surface area (Å²) in [5.74, 6) is 0.262. The largest absolute Gasteiger partial charge is 0.337 e. The first kappa shape index (κ1) is 11.7. The van der Waals surface area contributed by atoms with Crippen LogP contribution < -0.4 is 0 Å².